The van der Waals surface area contributed by atoms with E-state index in [-0.39, 0.29) is 0 Å². The molecule has 16 heavy (non-hydrogen) atoms. The first-order valence-electron chi connectivity index (χ1n) is 5.86. The number of nitrogen functional groups attached to an aromatic ring is 1. The fourth-order valence-corrected chi connectivity index (χ4v) is 2.01. The number of fused-ring (bicyclic) bond motifs is 1. The number of imidazole rings is 1. The summed E-state index contributed by atoms with van der Waals surface area (Å²) in [4.78, 5) is 4.58. The van der Waals surface area contributed by atoms with Crippen molar-refractivity contribution in [2.75, 3.05) is 5.73 Å². The van der Waals surface area contributed by atoms with Gasteiger partial charge in [0.05, 0.1) is 11.0 Å². The molecule has 3 heteroatoms. The van der Waals surface area contributed by atoms with Gasteiger partial charge in [-0.1, -0.05) is 13.3 Å². The zero-order valence-electron chi connectivity index (χ0n) is 10.2. The average molecular weight is 217 g/mol. The van der Waals surface area contributed by atoms with E-state index >= 15 is 0 Å². The maximum atomic E-state index is 5.95. The highest BCUT2D eigenvalue weighted by atomic mass is 15.1. The molecule has 86 valence electrons. The molecule has 1 heterocycles. The molecule has 0 radical (unpaired) electrons. The molecule has 0 atom stereocenters. The van der Waals surface area contributed by atoms with Crippen LogP contribution in [0.1, 0.15) is 31.2 Å². The second-order valence-corrected chi connectivity index (χ2v) is 4.36. The molecule has 0 amide bonds. The van der Waals surface area contributed by atoms with E-state index in [9.17, 15) is 0 Å². The third-order valence-corrected chi connectivity index (χ3v) is 3.06. The quantitative estimate of drug-likeness (QED) is 0.803. The van der Waals surface area contributed by atoms with Gasteiger partial charge in [0.1, 0.15) is 5.82 Å². The van der Waals surface area contributed by atoms with Crippen LogP contribution in [0.2, 0.25) is 0 Å². The Kier molecular flexibility index (Phi) is 2.86. The Balaban J connectivity index is 2.55. The van der Waals surface area contributed by atoms with E-state index in [0.29, 0.717) is 0 Å². The van der Waals surface area contributed by atoms with Crippen molar-refractivity contribution in [1.29, 1.82) is 0 Å². The smallest absolute Gasteiger partial charge is 0.106 e. The first kappa shape index (κ1) is 11.0. The highest BCUT2D eigenvalue weighted by Gasteiger charge is 2.08. The van der Waals surface area contributed by atoms with Crippen LogP contribution < -0.4 is 5.73 Å². The molecule has 3 nitrogen and oxygen atoms in total. The summed E-state index contributed by atoms with van der Waals surface area (Å²) in [5.41, 5.74) is 10.1. The van der Waals surface area contributed by atoms with Crippen molar-refractivity contribution in [2.24, 2.45) is 0 Å². The van der Waals surface area contributed by atoms with Crippen molar-refractivity contribution >= 4 is 16.7 Å². The van der Waals surface area contributed by atoms with Gasteiger partial charge in [0, 0.05) is 12.2 Å². The standard InChI is InChI=1S/C13H19N3/c1-4-5-6-16-10(3)15-12-7-9(2)11(14)8-13(12)16/h7-8H,4-6,14H2,1-3H3. The molecule has 0 unspecified atom stereocenters. The van der Waals surface area contributed by atoms with E-state index in [1.54, 1.807) is 0 Å². The minimum atomic E-state index is 0.852. The summed E-state index contributed by atoms with van der Waals surface area (Å²) in [6.45, 7) is 7.31. The maximum absolute atomic E-state index is 5.95. The summed E-state index contributed by atoms with van der Waals surface area (Å²) in [5.74, 6) is 1.08. The van der Waals surface area contributed by atoms with Gasteiger partial charge in [0.15, 0.2) is 0 Å². The first-order chi connectivity index (χ1) is 7.63. The van der Waals surface area contributed by atoms with Crippen LogP contribution in [0.15, 0.2) is 12.1 Å². The lowest BCUT2D eigenvalue weighted by Gasteiger charge is -2.06. The SMILES string of the molecule is CCCCn1c(C)nc2cc(C)c(N)cc21. The number of rotatable bonds is 3. The Morgan fingerprint density at radius 3 is 2.75 bits per heavy atom. The Morgan fingerprint density at radius 2 is 2.06 bits per heavy atom. The van der Waals surface area contributed by atoms with Crippen molar-refractivity contribution in [2.45, 2.75) is 40.2 Å². The van der Waals surface area contributed by atoms with Crippen molar-refractivity contribution in [3.8, 4) is 0 Å². The number of hydrogen-bond acceptors (Lipinski definition) is 2. The van der Waals surface area contributed by atoms with Gasteiger partial charge in [0.2, 0.25) is 0 Å². The average Bonchev–Trinajstić information content (AvgIpc) is 2.52. The highest BCUT2D eigenvalue weighted by molar-refractivity contribution is 5.81. The van der Waals surface area contributed by atoms with E-state index in [1.165, 1.54) is 12.8 Å². The molecule has 0 aliphatic carbocycles. The second kappa shape index (κ2) is 4.16. The zero-order valence-corrected chi connectivity index (χ0v) is 10.2. The van der Waals surface area contributed by atoms with Crippen LogP contribution in [0.4, 0.5) is 5.69 Å². The highest BCUT2D eigenvalue weighted by Crippen LogP contribution is 2.22. The number of benzene rings is 1. The van der Waals surface area contributed by atoms with Crippen molar-refractivity contribution < 1.29 is 0 Å². The molecular formula is C13H19N3. The molecule has 0 aliphatic heterocycles. The van der Waals surface area contributed by atoms with E-state index < -0.39 is 0 Å². The van der Waals surface area contributed by atoms with Gasteiger partial charge in [-0.25, -0.2) is 4.98 Å². The van der Waals surface area contributed by atoms with Gasteiger partial charge < -0.3 is 10.3 Å². The molecule has 0 saturated heterocycles. The van der Waals surface area contributed by atoms with Gasteiger partial charge in [0.25, 0.3) is 0 Å². The van der Waals surface area contributed by atoms with Crippen LogP contribution in [-0.4, -0.2) is 9.55 Å². The zero-order chi connectivity index (χ0) is 11.7. The summed E-state index contributed by atoms with van der Waals surface area (Å²) >= 11 is 0. The normalized spacial score (nSPS) is 11.2. The van der Waals surface area contributed by atoms with Gasteiger partial charge in [-0.15, -0.1) is 0 Å². The Labute approximate surface area is 96.3 Å². The van der Waals surface area contributed by atoms with Gasteiger partial charge in [-0.3, -0.25) is 0 Å². The van der Waals surface area contributed by atoms with E-state index in [0.717, 1.165) is 34.7 Å². The molecule has 0 spiro atoms. The fraction of sp³-hybridized carbons (Fsp3) is 0.462. The molecule has 0 fully saturated rings. The van der Waals surface area contributed by atoms with E-state index in [4.69, 9.17) is 5.73 Å². The molecule has 0 bridgehead atoms. The third kappa shape index (κ3) is 1.77. The van der Waals surface area contributed by atoms with Crippen molar-refractivity contribution in [1.82, 2.24) is 9.55 Å². The molecule has 1 aromatic carbocycles. The summed E-state index contributed by atoms with van der Waals surface area (Å²) < 4.78 is 2.26. The molecular weight excluding hydrogens is 198 g/mol. The minimum Gasteiger partial charge on any atom is -0.398 e. The first-order valence-corrected chi connectivity index (χ1v) is 5.86. The topological polar surface area (TPSA) is 43.8 Å². The van der Waals surface area contributed by atoms with Crippen LogP contribution in [0.5, 0.6) is 0 Å². The number of aromatic nitrogens is 2. The molecule has 0 saturated carbocycles. The molecule has 2 N–H and O–H groups in total. The van der Waals surface area contributed by atoms with Crippen molar-refractivity contribution in [3.63, 3.8) is 0 Å². The summed E-state index contributed by atoms with van der Waals surface area (Å²) in [6, 6.07) is 4.11. The third-order valence-electron chi connectivity index (χ3n) is 3.06. The lowest BCUT2D eigenvalue weighted by atomic mass is 10.2. The summed E-state index contributed by atoms with van der Waals surface area (Å²) in [5, 5.41) is 0. The lowest BCUT2D eigenvalue weighted by molar-refractivity contribution is 0.631. The Morgan fingerprint density at radius 1 is 1.31 bits per heavy atom. The largest absolute Gasteiger partial charge is 0.398 e. The van der Waals surface area contributed by atoms with Crippen LogP contribution >= 0.6 is 0 Å². The predicted octanol–water partition coefficient (Wildman–Crippen LogP) is 3.04. The molecule has 2 rings (SSSR count). The van der Waals surface area contributed by atoms with E-state index in [2.05, 4.69) is 29.5 Å². The van der Waals surface area contributed by atoms with Crippen LogP contribution in [0.3, 0.4) is 0 Å². The van der Waals surface area contributed by atoms with Gasteiger partial charge >= 0.3 is 0 Å². The Hall–Kier alpha value is -1.51. The van der Waals surface area contributed by atoms with Crippen molar-refractivity contribution in [3.05, 3.63) is 23.5 Å². The number of nitrogens with two attached hydrogens (primary N) is 1. The predicted molar refractivity (Wildman–Crippen MR) is 68.5 cm³/mol. The maximum Gasteiger partial charge on any atom is 0.106 e. The summed E-state index contributed by atoms with van der Waals surface area (Å²) in [6.07, 6.45) is 2.38. The lowest BCUT2D eigenvalue weighted by Crippen LogP contribution is -2.00. The minimum absolute atomic E-state index is 0.852. The molecule has 0 aliphatic rings. The number of unbranched alkanes of at least 4 members (excludes halogenated alkanes) is 1. The number of anilines is 1. The van der Waals surface area contributed by atoms with Gasteiger partial charge in [-0.2, -0.15) is 0 Å². The Bertz CT molecular complexity index is 511. The fourth-order valence-electron chi connectivity index (χ4n) is 2.01. The van der Waals surface area contributed by atoms with Gasteiger partial charge in [-0.05, 0) is 38.0 Å². The monoisotopic (exact) mass is 217 g/mol. The second-order valence-electron chi connectivity index (χ2n) is 4.36. The summed E-state index contributed by atoms with van der Waals surface area (Å²) in [7, 11) is 0. The van der Waals surface area contributed by atoms with Crippen LogP contribution in [0, 0.1) is 13.8 Å². The molecule has 2 aromatic rings. The number of aryl methyl sites for hydroxylation is 3. The number of hydrogen-bond donors (Lipinski definition) is 1. The number of nitrogens with zero attached hydrogens (tertiary/aromatic N) is 2. The van der Waals surface area contributed by atoms with Crippen LogP contribution in [0.25, 0.3) is 11.0 Å². The van der Waals surface area contributed by atoms with Crippen LogP contribution in [-0.2, 0) is 6.54 Å². The molecule has 1 aromatic heterocycles. The van der Waals surface area contributed by atoms with E-state index in [1.807, 2.05) is 13.0 Å².